The number of hydrogen-bond acceptors (Lipinski definition) is 3. The monoisotopic (exact) mass is 211 g/mol. The van der Waals surface area contributed by atoms with Crippen molar-refractivity contribution in [3.63, 3.8) is 0 Å². The average Bonchev–Trinajstić information content (AvgIpc) is 2.27. The molecule has 0 amide bonds. The zero-order valence-electron chi connectivity index (χ0n) is 8.63. The summed E-state index contributed by atoms with van der Waals surface area (Å²) in [5.41, 5.74) is 6.97. The largest absolute Gasteiger partial charge is 0.486 e. The summed E-state index contributed by atoms with van der Waals surface area (Å²) in [5.74, 6) is 1.26. The van der Waals surface area contributed by atoms with Crippen LogP contribution < -0.4 is 15.2 Å². The van der Waals surface area contributed by atoms with E-state index < -0.39 is 6.17 Å². The number of benzene rings is 1. The molecule has 2 rings (SSSR count). The van der Waals surface area contributed by atoms with Crippen molar-refractivity contribution >= 4 is 0 Å². The number of halogens is 1. The van der Waals surface area contributed by atoms with Gasteiger partial charge in [-0.25, -0.2) is 4.39 Å². The third kappa shape index (κ3) is 1.90. The molecule has 0 bridgehead atoms. The highest BCUT2D eigenvalue weighted by Gasteiger charge is 2.18. The molecule has 0 spiro atoms. The van der Waals surface area contributed by atoms with Gasteiger partial charge in [0.15, 0.2) is 11.5 Å². The van der Waals surface area contributed by atoms with Crippen LogP contribution in [0.25, 0.3) is 0 Å². The minimum atomic E-state index is -1.02. The Morgan fingerprint density at radius 1 is 1.40 bits per heavy atom. The first kappa shape index (κ1) is 10.2. The van der Waals surface area contributed by atoms with Crippen molar-refractivity contribution in [1.82, 2.24) is 0 Å². The van der Waals surface area contributed by atoms with Crippen molar-refractivity contribution in [2.24, 2.45) is 5.73 Å². The second-order valence-corrected chi connectivity index (χ2v) is 3.52. The van der Waals surface area contributed by atoms with Gasteiger partial charge in [-0.1, -0.05) is 0 Å². The molecule has 4 heteroatoms. The molecule has 1 aromatic rings. The molecule has 3 nitrogen and oxygen atoms in total. The van der Waals surface area contributed by atoms with Crippen molar-refractivity contribution < 1.29 is 13.9 Å². The second-order valence-electron chi connectivity index (χ2n) is 3.52. The van der Waals surface area contributed by atoms with Crippen LogP contribution in [0, 0.1) is 0 Å². The molecular weight excluding hydrogens is 197 g/mol. The van der Waals surface area contributed by atoms with E-state index in [0.717, 1.165) is 5.56 Å². The van der Waals surface area contributed by atoms with E-state index in [1.807, 2.05) is 0 Å². The Kier molecular flexibility index (Phi) is 2.77. The van der Waals surface area contributed by atoms with Gasteiger partial charge in [-0.05, 0) is 24.6 Å². The molecule has 1 heterocycles. The summed E-state index contributed by atoms with van der Waals surface area (Å²) in [6.07, 6.45) is -1.02. The van der Waals surface area contributed by atoms with Crippen LogP contribution in [-0.4, -0.2) is 13.2 Å². The lowest BCUT2D eigenvalue weighted by molar-refractivity contribution is 0.169. The molecule has 1 aliphatic heterocycles. The van der Waals surface area contributed by atoms with Gasteiger partial charge in [0.25, 0.3) is 0 Å². The number of nitrogens with two attached hydrogens (primary N) is 1. The highest BCUT2D eigenvalue weighted by molar-refractivity contribution is 5.50. The second kappa shape index (κ2) is 4.06. The van der Waals surface area contributed by atoms with Crippen LogP contribution in [0.3, 0.4) is 0 Å². The van der Waals surface area contributed by atoms with E-state index in [1.165, 1.54) is 6.92 Å². The zero-order chi connectivity index (χ0) is 10.8. The van der Waals surface area contributed by atoms with Gasteiger partial charge in [0, 0.05) is 12.1 Å². The Bertz CT molecular complexity index is 349. The summed E-state index contributed by atoms with van der Waals surface area (Å²) in [4.78, 5) is 0. The van der Waals surface area contributed by atoms with Crippen molar-refractivity contribution in [2.45, 2.75) is 19.6 Å². The van der Waals surface area contributed by atoms with Gasteiger partial charge in [-0.15, -0.1) is 0 Å². The molecule has 0 radical (unpaired) electrons. The topological polar surface area (TPSA) is 44.5 Å². The normalized spacial score (nSPS) is 16.2. The Hall–Kier alpha value is -1.29. The summed E-state index contributed by atoms with van der Waals surface area (Å²) in [7, 11) is 0. The Labute approximate surface area is 88.0 Å². The fourth-order valence-corrected chi connectivity index (χ4v) is 1.63. The SMILES string of the molecule is CC(F)c1cc(CN)c2c(c1)OCCO2. The van der Waals surface area contributed by atoms with E-state index in [0.29, 0.717) is 36.8 Å². The van der Waals surface area contributed by atoms with Crippen LogP contribution in [0.15, 0.2) is 12.1 Å². The highest BCUT2D eigenvalue weighted by atomic mass is 19.1. The minimum absolute atomic E-state index is 0.326. The van der Waals surface area contributed by atoms with E-state index in [2.05, 4.69) is 0 Å². The Morgan fingerprint density at radius 3 is 2.80 bits per heavy atom. The Balaban J connectivity index is 2.48. The predicted octanol–water partition coefficient (Wildman–Crippen LogP) is 1.95. The fraction of sp³-hybridized carbons (Fsp3) is 0.455. The maximum absolute atomic E-state index is 13.2. The van der Waals surface area contributed by atoms with Crippen LogP contribution in [0.2, 0.25) is 0 Å². The molecule has 0 saturated carbocycles. The quantitative estimate of drug-likeness (QED) is 0.813. The summed E-state index contributed by atoms with van der Waals surface area (Å²) in [5, 5.41) is 0. The van der Waals surface area contributed by atoms with E-state index in [1.54, 1.807) is 12.1 Å². The highest BCUT2D eigenvalue weighted by Crippen LogP contribution is 2.37. The smallest absolute Gasteiger partial charge is 0.165 e. The average molecular weight is 211 g/mol. The third-order valence-corrected chi connectivity index (χ3v) is 2.42. The molecule has 0 aromatic heterocycles. The lowest BCUT2D eigenvalue weighted by atomic mass is 10.1. The van der Waals surface area contributed by atoms with Gasteiger partial charge >= 0.3 is 0 Å². The molecule has 0 saturated heterocycles. The number of fused-ring (bicyclic) bond motifs is 1. The summed E-state index contributed by atoms with van der Waals surface area (Å²) in [6, 6.07) is 3.41. The van der Waals surface area contributed by atoms with Crippen molar-refractivity contribution in [1.29, 1.82) is 0 Å². The first-order valence-corrected chi connectivity index (χ1v) is 4.99. The van der Waals surface area contributed by atoms with Crippen LogP contribution in [0.1, 0.15) is 24.2 Å². The number of hydrogen-bond donors (Lipinski definition) is 1. The molecule has 2 N–H and O–H groups in total. The van der Waals surface area contributed by atoms with Crippen molar-refractivity contribution in [2.75, 3.05) is 13.2 Å². The van der Waals surface area contributed by atoms with Gasteiger partial charge in [0.1, 0.15) is 19.4 Å². The lowest BCUT2D eigenvalue weighted by Crippen LogP contribution is -2.17. The summed E-state index contributed by atoms with van der Waals surface area (Å²) < 4.78 is 24.0. The van der Waals surface area contributed by atoms with Crippen LogP contribution in [0.5, 0.6) is 11.5 Å². The number of ether oxygens (including phenoxy) is 2. The first-order valence-electron chi connectivity index (χ1n) is 4.99. The van der Waals surface area contributed by atoms with E-state index in [-0.39, 0.29) is 0 Å². The minimum Gasteiger partial charge on any atom is -0.486 e. The van der Waals surface area contributed by atoms with Crippen LogP contribution in [0.4, 0.5) is 4.39 Å². The van der Waals surface area contributed by atoms with Gasteiger partial charge in [0.05, 0.1) is 0 Å². The molecule has 15 heavy (non-hydrogen) atoms. The van der Waals surface area contributed by atoms with Crippen molar-refractivity contribution in [3.8, 4) is 11.5 Å². The zero-order valence-corrected chi connectivity index (χ0v) is 8.63. The molecule has 0 fully saturated rings. The lowest BCUT2D eigenvalue weighted by Gasteiger charge is -2.22. The van der Waals surface area contributed by atoms with Gasteiger partial charge in [-0.2, -0.15) is 0 Å². The van der Waals surface area contributed by atoms with Gasteiger partial charge < -0.3 is 15.2 Å². The molecule has 1 unspecified atom stereocenters. The maximum atomic E-state index is 13.2. The fourth-order valence-electron chi connectivity index (χ4n) is 1.63. The molecule has 82 valence electrons. The first-order chi connectivity index (χ1) is 7.22. The summed E-state index contributed by atoms with van der Waals surface area (Å²) in [6.45, 7) is 2.84. The van der Waals surface area contributed by atoms with Crippen LogP contribution in [-0.2, 0) is 6.54 Å². The van der Waals surface area contributed by atoms with E-state index >= 15 is 0 Å². The van der Waals surface area contributed by atoms with Gasteiger partial charge in [-0.3, -0.25) is 0 Å². The predicted molar refractivity (Wildman–Crippen MR) is 54.8 cm³/mol. The maximum Gasteiger partial charge on any atom is 0.165 e. The molecule has 0 aliphatic carbocycles. The molecule has 1 aromatic carbocycles. The standard InChI is InChI=1S/C11H14FNO2/c1-7(12)8-4-9(6-13)11-10(5-8)14-2-3-15-11/h4-5,7H,2-3,6,13H2,1H3. The Morgan fingerprint density at radius 2 is 2.13 bits per heavy atom. The van der Waals surface area contributed by atoms with Crippen molar-refractivity contribution in [3.05, 3.63) is 23.3 Å². The van der Waals surface area contributed by atoms with E-state index in [9.17, 15) is 4.39 Å². The van der Waals surface area contributed by atoms with Gasteiger partial charge in [0.2, 0.25) is 0 Å². The molecular formula is C11H14FNO2. The molecule has 1 atom stereocenters. The number of alkyl halides is 1. The summed E-state index contributed by atoms with van der Waals surface area (Å²) >= 11 is 0. The molecule has 1 aliphatic rings. The third-order valence-electron chi connectivity index (χ3n) is 2.42. The van der Waals surface area contributed by atoms with Crippen LogP contribution >= 0.6 is 0 Å². The number of rotatable bonds is 2. The van der Waals surface area contributed by atoms with E-state index in [4.69, 9.17) is 15.2 Å².